The molecule has 0 saturated heterocycles. The molecule has 2 heterocycles. The zero-order valence-corrected chi connectivity index (χ0v) is 12.7. The zero-order valence-electron chi connectivity index (χ0n) is 12.7. The van der Waals surface area contributed by atoms with Crippen molar-refractivity contribution in [3.63, 3.8) is 0 Å². The number of amides is 1. The largest absolute Gasteiger partial charge is 0.359 e. The molecule has 0 fully saturated rings. The minimum absolute atomic E-state index is 0.0194. The topological polar surface area (TPSA) is 44.9 Å². The molecule has 1 amide bonds. The molecule has 0 unspecified atom stereocenters. The van der Waals surface area contributed by atoms with Crippen molar-refractivity contribution in [1.82, 2.24) is 4.98 Å². The molecule has 3 rings (SSSR count). The molecular formula is C18H20N2O. The molecule has 0 atom stereocenters. The number of fused-ring (bicyclic) bond motifs is 1. The fourth-order valence-corrected chi connectivity index (χ4v) is 2.90. The van der Waals surface area contributed by atoms with Crippen LogP contribution in [0.1, 0.15) is 41.9 Å². The number of anilines is 1. The number of hydrogen-bond donors (Lipinski definition) is 2. The van der Waals surface area contributed by atoms with E-state index >= 15 is 0 Å². The Morgan fingerprint density at radius 2 is 2.00 bits per heavy atom. The summed E-state index contributed by atoms with van der Waals surface area (Å²) in [6.07, 6.45) is 3.92. The molecule has 0 saturated carbocycles. The number of aromatic amines is 1. The highest BCUT2D eigenvalue weighted by atomic mass is 16.2. The number of aromatic nitrogens is 1. The summed E-state index contributed by atoms with van der Waals surface area (Å²) in [6, 6.07) is 8.16. The van der Waals surface area contributed by atoms with E-state index in [1.165, 1.54) is 11.3 Å². The average Bonchev–Trinajstić information content (AvgIpc) is 3.01. The van der Waals surface area contributed by atoms with E-state index in [9.17, 15) is 4.79 Å². The molecule has 2 N–H and O–H groups in total. The van der Waals surface area contributed by atoms with Crippen LogP contribution in [0.4, 0.5) is 5.69 Å². The maximum Gasteiger partial charge on any atom is 0.256 e. The lowest BCUT2D eigenvalue weighted by molar-refractivity contribution is -0.110. The summed E-state index contributed by atoms with van der Waals surface area (Å²) in [6.45, 7) is 6.31. The molecule has 0 bridgehead atoms. The van der Waals surface area contributed by atoms with Crippen molar-refractivity contribution in [1.29, 1.82) is 0 Å². The van der Waals surface area contributed by atoms with Gasteiger partial charge in [0.05, 0.1) is 5.57 Å². The number of nitrogens with one attached hydrogen (secondary N) is 2. The molecule has 3 nitrogen and oxygen atoms in total. The van der Waals surface area contributed by atoms with Crippen LogP contribution in [0.15, 0.2) is 24.3 Å². The third kappa shape index (κ3) is 2.29. The smallest absolute Gasteiger partial charge is 0.256 e. The summed E-state index contributed by atoms with van der Waals surface area (Å²) in [5.74, 6) is -0.0194. The lowest BCUT2D eigenvalue weighted by Crippen LogP contribution is -2.03. The van der Waals surface area contributed by atoms with Crippen LogP contribution in [0.3, 0.4) is 0 Å². The van der Waals surface area contributed by atoms with E-state index in [2.05, 4.69) is 30.2 Å². The molecule has 0 aliphatic carbocycles. The summed E-state index contributed by atoms with van der Waals surface area (Å²) in [7, 11) is 0. The maximum absolute atomic E-state index is 12.3. The van der Waals surface area contributed by atoms with Crippen LogP contribution >= 0.6 is 0 Å². The highest BCUT2D eigenvalue weighted by molar-refractivity contribution is 6.35. The minimum atomic E-state index is -0.0194. The predicted octanol–water partition coefficient (Wildman–Crippen LogP) is 3.94. The first-order valence-electron chi connectivity index (χ1n) is 7.47. The summed E-state index contributed by atoms with van der Waals surface area (Å²) in [5, 5.41) is 2.95. The first kappa shape index (κ1) is 13.7. The fraction of sp³-hybridized carbons (Fsp3) is 0.278. The molecule has 1 aromatic heterocycles. The second kappa shape index (κ2) is 5.24. The van der Waals surface area contributed by atoms with Crippen LogP contribution in [0.2, 0.25) is 0 Å². The second-order valence-electron chi connectivity index (χ2n) is 5.45. The van der Waals surface area contributed by atoms with Gasteiger partial charge in [0.2, 0.25) is 0 Å². The molecule has 1 aliphatic heterocycles. The minimum Gasteiger partial charge on any atom is -0.359 e. The molecule has 2 aromatic rings. The summed E-state index contributed by atoms with van der Waals surface area (Å²) in [4.78, 5) is 15.7. The van der Waals surface area contributed by atoms with Gasteiger partial charge in [0.1, 0.15) is 0 Å². The van der Waals surface area contributed by atoms with Gasteiger partial charge in [0.15, 0.2) is 0 Å². The van der Waals surface area contributed by atoms with Crippen LogP contribution in [0, 0.1) is 6.92 Å². The summed E-state index contributed by atoms with van der Waals surface area (Å²) >= 11 is 0. The van der Waals surface area contributed by atoms with Gasteiger partial charge in [-0.05, 0) is 49.1 Å². The van der Waals surface area contributed by atoms with Crippen molar-refractivity contribution in [3.8, 4) is 0 Å². The number of benzene rings is 1. The van der Waals surface area contributed by atoms with E-state index < -0.39 is 0 Å². The van der Waals surface area contributed by atoms with E-state index in [-0.39, 0.29) is 5.91 Å². The monoisotopic (exact) mass is 280 g/mol. The van der Waals surface area contributed by atoms with E-state index in [0.717, 1.165) is 40.9 Å². The number of H-pyrrole nitrogens is 1. The number of carbonyl (C=O) groups excluding carboxylic acids is 1. The van der Waals surface area contributed by atoms with Crippen LogP contribution in [0.25, 0.3) is 11.6 Å². The molecule has 108 valence electrons. The van der Waals surface area contributed by atoms with Gasteiger partial charge in [0.25, 0.3) is 5.91 Å². The number of aryl methyl sites for hydroxylation is 3. The normalized spacial score (nSPS) is 15.4. The van der Waals surface area contributed by atoms with Gasteiger partial charge < -0.3 is 10.3 Å². The highest BCUT2D eigenvalue weighted by Gasteiger charge is 2.25. The van der Waals surface area contributed by atoms with Gasteiger partial charge in [-0.1, -0.05) is 26.0 Å². The Balaban J connectivity index is 2.13. The number of hydrogen-bond acceptors (Lipinski definition) is 1. The first-order valence-corrected chi connectivity index (χ1v) is 7.47. The Bertz CT molecular complexity index is 738. The summed E-state index contributed by atoms with van der Waals surface area (Å²) < 4.78 is 0. The second-order valence-corrected chi connectivity index (χ2v) is 5.45. The molecule has 21 heavy (non-hydrogen) atoms. The van der Waals surface area contributed by atoms with Crippen molar-refractivity contribution in [2.24, 2.45) is 0 Å². The van der Waals surface area contributed by atoms with Crippen LogP contribution in [0.5, 0.6) is 0 Å². The lowest BCUT2D eigenvalue weighted by Gasteiger charge is -2.03. The van der Waals surface area contributed by atoms with Gasteiger partial charge in [-0.25, -0.2) is 0 Å². The molecule has 1 aliphatic rings. The maximum atomic E-state index is 12.3. The van der Waals surface area contributed by atoms with Gasteiger partial charge in [0, 0.05) is 22.6 Å². The lowest BCUT2D eigenvalue weighted by atomic mass is 10.00. The Labute approximate surface area is 125 Å². The van der Waals surface area contributed by atoms with Crippen molar-refractivity contribution >= 4 is 23.2 Å². The molecule has 1 aromatic carbocycles. The van der Waals surface area contributed by atoms with Crippen molar-refractivity contribution < 1.29 is 4.79 Å². The van der Waals surface area contributed by atoms with Crippen molar-refractivity contribution in [2.75, 3.05) is 5.32 Å². The van der Waals surface area contributed by atoms with Crippen molar-refractivity contribution in [2.45, 2.75) is 33.6 Å². The predicted molar refractivity (Wildman–Crippen MR) is 87.2 cm³/mol. The Morgan fingerprint density at radius 1 is 1.19 bits per heavy atom. The van der Waals surface area contributed by atoms with Crippen LogP contribution in [-0.4, -0.2) is 10.9 Å². The quantitative estimate of drug-likeness (QED) is 0.822. The van der Waals surface area contributed by atoms with Crippen molar-refractivity contribution in [3.05, 3.63) is 52.3 Å². The number of rotatable bonds is 3. The Kier molecular flexibility index (Phi) is 3.42. The van der Waals surface area contributed by atoms with E-state index in [4.69, 9.17) is 0 Å². The highest BCUT2D eigenvalue weighted by Crippen LogP contribution is 2.35. The summed E-state index contributed by atoms with van der Waals surface area (Å²) in [5.41, 5.74) is 7.33. The molecular weight excluding hydrogens is 260 g/mol. The van der Waals surface area contributed by atoms with Gasteiger partial charge >= 0.3 is 0 Å². The average molecular weight is 280 g/mol. The number of carbonyl (C=O) groups is 1. The van der Waals surface area contributed by atoms with E-state index in [0.29, 0.717) is 0 Å². The van der Waals surface area contributed by atoms with Crippen LogP contribution < -0.4 is 5.32 Å². The van der Waals surface area contributed by atoms with Gasteiger partial charge in [-0.3, -0.25) is 4.79 Å². The molecule has 0 radical (unpaired) electrons. The van der Waals surface area contributed by atoms with Gasteiger partial charge in [-0.15, -0.1) is 0 Å². The standard InChI is InChI=1S/C18H20N2O/c1-4-12-9-13(5-2)19-16(12)10-14-17-11(3)7-6-8-15(17)20-18(14)21/h6-10,19H,4-5H2,1-3H3,(H,20,21). The molecule has 0 spiro atoms. The zero-order chi connectivity index (χ0) is 15.0. The third-order valence-electron chi connectivity index (χ3n) is 4.08. The van der Waals surface area contributed by atoms with E-state index in [1.54, 1.807) is 0 Å². The molecule has 3 heteroatoms. The van der Waals surface area contributed by atoms with E-state index in [1.807, 2.05) is 31.2 Å². The Hall–Kier alpha value is -2.29. The Morgan fingerprint density at radius 3 is 2.71 bits per heavy atom. The van der Waals surface area contributed by atoms with Gasteiger partial charge in [-0.2, -0.15) is 0 Å². The SMILES string of the molecule is CCc1cc(CC)c(C=C2C(=O)Nc3cccc(C)c32)[nH]1. The third-order valence-corrected chi connectivity index (χ3v) is 4.08. The fourth-order valence-electron chi connectivity index (χ4n) is 2.90. The first-order chi connectivity index (χ1) is 10.1. The van der Waals surface area contributed by atoms with Crippen LogP contribution in [-0.2, 0) is 17.6 Å².